The van der Waals surface area contributed by atoms with Crippen LogP contribution in [0.4, 0.5) is 0 Å². The van der Waals surface area contributed by atoms with Gasteiger partial charge in [0.15, 0.2) is 0 Å². The quantitative estimate of drug-likeness (QED) is 0.718. The predicted octanol–water partition coefficient (Wildman–Crippen LogP) is 1.88. The normalized spacial score (nSPS) is 34.5. The highest BCUT2D eigenvalue weighted by Crippen LogP contribution is 2.29. The van der Waals surface area contributed by atoms with E-state index >= 15 is 0 Å². The largest absolute Gasteiger partial charge is 0.480 e. The van der Waals surface area contributed by atoms with E-state index in [1.807, 2.05) is 0 Å². The first-order chi connectivity index (χ1) is 6.09. The van der Waals surface area contributed by atoms with Gasteiger partial charge in [0.1, 0.15) is 6.61 Å². The van der Waals surface area contributed by atoms with Crippen LogP contribution in [-0.4, -0.2) is 29.2 Å². The monoisotopic (exact) mass is 206 g/mol. The van der Waals surface area contributed by atoms with Gasteiger partial charge in [-0.15, -0.1) is 11.6 Å². The van der Waals surface area contributed by atoms with Gasteiger partial charge in [-0.25, -0.2) is 4.79 Å². The molecule has 1 N–H and O–H groups in total. The lowest BCUT2D eigenvalue weighted by Crippen LogP contribution is -2.31. The fraction of sp³-hybridized carbons (Fsp3) is 0.889. The van der Waals surface area contributed by atoms with Crippen LogP contribution in [0.15, 0.2) is 0 Å². The van der Waals surface area contributed by atoms with Crippen LogP contribution in [0.1, 0.15) is 26.2 Å². The summed E-state index contributed by atoms with van der Waals surface area (Å²) in [6, 6.07) is 0. The van der Waals surface area contributed by atoms with Crippen molar-refractivity contribution in [2.45, 2.75) is 37.7 Å². The van der Waals surface area contributed by atoms with E-state index in [1.54, 1.807) is 0 Å². The molecule has 0 saturated heterocycles. The molecule has 0 aromatic rings. The molecule has 0 aliphatic heterocycles. The van der Waals surface area contributed by atoms with Crippen molar-refractivity contribution in [3.05, 3.63) is 0 Å². The van der Waals surface area contributed by atoms with E-state index in [1.165, 1.54) is 0 Å². The molecule has 0 heterocycles. The molecule has 0 radical (unpaired) electrons. The van der Waals surface area contributed by atoms with Crippen LogP contribution in [-0.2, 0) is 9.53 Å². The summed E-state index contributed by atoms with van der Waals surface area (Å²) in [4.78, 5) is 10.3. The molecular weight excluding hydrogens is 192 g/mol. The van der Waals surface area contributed by atoms with Gasteiger partial charge >= 0.3 is 5.97 Å². The Morgan fingerprint density at radius 3 is 2.85 bits per heavy atom. The van der Waals surface area contributed by atoms with Gasteiger partial charge in [0.2, 0.25) is 0 Å². The molecule has 1 rings (SSSR count). The highest BCUT2D eigenvalue weighted by atomic mass is 35.5. The highest BCUT2D eigenvalue weighted by molar-refractivity contribution is 6.20. The summed E-state index contributed by atoms with van der Waals surface area (Å²) in [7, 11) is 0. The number of hydrogen-bond acceptors (Lipinski definition) is 2. The molecule has 76 valence electrons. The standard InChI is InChI=1S/C9H15ClO3/c1-6-4-7(10)2-3-8(6)13-5-9(11)12/h6-8H,2-5H2,1H3,(H,11,12). The number of halogens is 1. The Labute approximate surface area is 83.0 Å². The Hall–Kier alpha value is -0.280. The van der Waals surface area contributed by atoms with Crippen LogP contribution in [0.3, 0.4) is 0 Å². The fourth-order valence-electron chi connectivity index (χ4n) is 1.73. The van der Waals surface area contributed by atoms with Crippen molar-refractivity contribution in [1.82, 2.24) is 0 Å². The SMILES string of the molecule is CC1CC(Cl)CCC1OCC(=O)O. The molecule has 4 heteroatoms. The second-order valence-electron chi connectivity index (χ2n) is 3.63. The topological polar surface area (TPSA) is 46.5 Å². The van der Waals surface area contributed by atoms with Crippen molar-refractivity contribution in [2.24, 2.45) is 5.92 Å². The van der Waals surface area contributed by atoms with E-state index in [9.17, 15) is 4.79 Å². The summed E-state index contributed by atoms with van der Waals surface area (Å²) >= 11 is 5.97. The molecular formula is C9H15ClO3. The van der Waals surface area contributed by atoms with Crippen molar-refractivity contribution in [2.75, 3.05) is 6.61 Å². The maximum absolute atomic E-state index is 10.3. The van der Waals surface area contributed by atoms with Crippen LogP contribution < -0.4 is 0 Å². The molecule has 0 spiro atoms. The lowest BCUT2D eigenvalue weighted by Gasteiger charge is -2.30. The number of alkyl halides is 1. The zero-order chi connectivity index (χ0) is 9.84. The van der Waals surface area contributed by atoms with E-state index < -0.39 is 5.97 Å². The molecule has 0 aromatic heterocycles. The van der Waals surface area contributed by atoms with Crippen molar-refractivity contribution < 1.29 is 14.6 Å². The average Bonchev–Trinajstić information content (AvgIpc) is 2.02. The third-order valence-electron chi connectivity index (χ3n) is 2.45. The minimum atomic E-state index is -0.903. The summed E-state index contributed by atoms with van der Waals surface area (Å²) in [6.07, 6.45) is 2.80. The highest BCUT2D eigenvalue weighted by Gasteiger charge is 2.27. The van der Waals surface area contributed by atoms with E-state index in [0.717, 1.165) is 19.3 Å². The van der Waals surface area contributed by atoms with Gasteiger partial charge in [0.25, 0.3) is 0 Å². The van der Waals surface area contributed by atoms with Crippen molar-refractivity contribution >= 4 is 17.6 Å². The van der Waals surface area contributed by atoms with Crippen molar-refractivity contribution in [3.63, 3.8) is 0 Å². The molecule has 13 heavy (non-hydrogen) atoms. The van der Waals surface area contributed by atoms with Crippen LogP contribution in [0.25, 0.3) is 0 Å². The van der Waals surface area contributed by atoms with Gasteiger partial charge in [-0.05, 0) is 25.2 Å². The first-order valence-corrected chi connectivity index (χ1v) is 5.00. The number of rotatable bonds is 3. The van der Waals surface area contributed by atoms with Crippen molar-refractivity contribution in [1.29, 1.82) is 0 Å². The first kappa shape index (κ1) is 10.8. The van der Waals surface area contributed by atoms with Gasteiger partial charge in [0.05, 0.1) is 6.10 Å². The molecule has 3 atom stereocenters. The van der Waals surface area contributed by atoms with Gasteiger partial charge in [-0.3, -0.25) is 0 Å². The molecule has 1 aliphatic carbocycles. The maximum Gasteiger partial charge on any atom is 0.329 e. The Bertz CT molecular complexity index is 184. The molecule has 0 bridgehead atoms. The summed E-state index contributed by atoms with van der Waals surface area (Å²) in [5.41, 5.74) is 0. The lowest BCUT2D eigenvalue weighted by atomic mass is 9.87. The van der Waals surface area contributed by atoms with Crippen molar-refractivity contribution in [3.8, 4) is 0 Å². The van der Waals surface area contributed by atoms with Gasteiger partial charge < -0.3 is 9.84 Å². The summed E-state index contributed by atoms with van der Waals surface area (Å²) in [5.74, 6) is -0.532. The number of aliphatic carboxylic acids is 1. The fourth-order valence-corrected chi connectivity index (χ4v) is 2.14. The molecule has 3 unspecified atom stereocenters. The van der Waals surface area contributed by atoms with Crippen LogP contribution >= 0.6 is 11.6 Å². The number of carbonyl (C=O) groups is 1. The third-order valence-corrected chi connectivity index (χ3v) is 2.84. The minimum absolute atomic E-state index is 0.0751. The summed E-state index contributed by atoms with van der Waals surface area (Å²) in [5, 5.41) is 8.67. The van der Waals surface area contributed by atoms with E-state index in [2.05, 4.69) is 6.92 Å². The van der Waals surface area contributed by atoms with Crippen LogP contribution in [0.5, 0.6) is 0 Å². The molecule has 1 saturated carbocycles. The number of ether oxygens (including phenoxy) is 1. The van der Waals surface area contributed by atoms with E-state index in [-0.39, 0.29) is 18.1 Å². The third kappa shape index (κ3) is 3.53. The number of hydrogen-bond donors (Lipinski definition) is 1. The van der Waals surface area contributed by atoms with E-state index in [4.69, 9.17) is 21.4 Å². The number of carboxylic acids is 1. The molecule has 3 nitrogen and oxygen atoms in total. The van der Waals surface area contributed by atoms with Gasteiger partial charge in [-0.1, -0.05) is 6.92 Å². The molecule has 1 fully saturated rings. The lowest BCUT2D eigenvalue weighted by molar-refractivity contribution is -0.146. The Morgan fingerprint density at radius 1 is 1.62 bits per heavy atom. The second kappa shape index (κ2) is 4.82. The maximum atomic E-state index is 10.3. The number of carboxylic acid groups (broad SMARTS) is 1. The van der Waals surface area contributed by atoms with E-state index in [0.29, 0.717) is 5.92 Å². The van der Waals surface area contributed by atoms with Gasteiger partial charge in [-0.2, -0.15) is 0 Å². The zero-order valence-corrected chi connectivity index (χ0v) is 8.46. The first-order valence-electron chi connectivity index (χ1n) is 4.57. The smallest absolute Gasteiger partial charge is 0.329 e. The Balaban J connectivity index is 2.29. The zero-order valence-electron chi connectivity index (χ0n) is 7.70. The minimum Gasteiger partial charge on any atom is -0.480 e. The summed E-state index contributed by atoms with van der Waals surface area (Å²) in [6.45, 7) is 1.86. The molecule has 0 aromatic carbocycles. The van der Waals surface area contributed by atoms with Crippen LogP contribution in [0, 0.1) is 5.92 Å². The predicted molar refractivity (Wildman–Crippen MR) is 50.0 cm³/mol. The molecule has 1 aliphatic rings. The molecule has 0 amide bonds. The Kier molecular flexibility index (Phi) is 4.00. The average molecular weight is 207 g/mol. The van der Waals surface area contributed by atoms with Gasteiger partial charge in [0, 0.05) is 5.38 Å². The second-order valence-corrected chi connectivity index (χ2v) is 4.25. The van der Waals surface area contributed by atoms with Crippen LogP contribution in [0.2, 0.25) is 0 Å². The Morgan fingerprint density at radius 2 is 2.31 bits per heavy atom. The summed E-state index contributed by atoms with van der Waals surface area (Å²) < 4.78 is 5.25.